The molecule has 0 amide bonds. The van der Waals surface area contributed by atoms with Gasteiger partial charge < -0.3 is 10.4 Å². The third kappa shape index (κ3) is 4.24. The predicted molar refractivity (Wildman–Crippen MR) is 109 cm³/mol. The molecule has 0 saturated heterocycles. The van der Waals surface area contributed by atoms with Crippen molar-refractivity contribution in [1.29, 1.82) is 0 Å². The van der Waals surface area contributed by atoms with Crippen molar-refractivity contribution in [2.75, 3.05) is 0 Å². The maximum Gasteiger partial charge on any atom is 0.324 e. The first-order chi connectivity index (χ1) is 11.0. The Labute approximate surface area is 150 Å². The highest BCUT2D eigenvalue weighted by molar-refractivity contribution is 6.67. The van der Waals surface area contributed by atoms with Crippen LogP contribution in [-0.2, 0) is 4.65 Å². The molecule has 1 aromatic carbocycles. The van der Waals surface area contributed by atoms with Crippen molar-refractivity contribution >= 4 is 18.5 Å². The highest BCUT2D eigenvalue weighted by Gasteiger charge is 2.42. The van der Waals surface area contributed by atoms with Gasteiger partial charge in [-0.15, -0.1) is 0 Å². The van der Waals surface area contributed by atoms with Crippen LogP contribution in [0, 0.1) is 25.2 Å². The molecule has 2 N–H and O–H groups in total. The van der Waals surface area contributed by atoms with E-state index >= 15 is 0 Å². The van der Waals surface area contributed by atoms with E-state index in [0.717, 1.165) is 12.0 Å². The molecule has 0 aliphatic heterocycles. The average molecular weight is 329 g/mol. The normalized spacial score (nSPS) is 14.2. The molecule has 0 aliphatic rings. The van der Waals surface area contributed by atoms with Crippen molar-refractivity contribution in [2.45, 2.75) is 74.2 Å². The quantitative estimate of drug-likeness (QED) is 0.720. The zero-order valence-electron chi connectivity index (χ0n) is 17.2. The molecule has 1 rings (SSSR count). The number of nitrogens with two attached hydrogens (primary N) is 1. The number of hydrogen-bond acceptors (Lipinski definition) is 2. The average Bonchev–Trinajstić information content (AvgIpc) is 2.45. The van der Waals surface area contributed by atoms with Gasteiger partial charge >= 0.3 is 6.92 Å². The van der Waals surface area contributed by atoms with E-state index in [-0.39, 0.29) is 17.9 Å². The van der Waals surface area contributed by atoms with E-state index in [4.69, 9.17) is 10.4 Å². The van der Waals surface area contributed by atoms with Crippen molar-refractivity contribution in [3.8, 4) is 0 Å². The zero-order valence-corrected chi connectivity index (χ0v) is 17.2. The van der Waals surface area contributed by atoms with Gasteiger partial charge in [0.15, 0.2) is 0 Å². The summed E-state index contributed by atoms with van der Waals surface area (Å²) in [6, 6.07) is 4.36. The Hall–Kier alpha value is -1.22. The van der Waals surface area contributed by atoms with Crippen LogP contribution in [0.2, 0.25) is 6.82 Å². The molecule has 0 bridgehead atoms. The van der Waals surface area contributed by atoms with Crippen LogP contribution in [0.3, 0.4) is 0 Å². The summed E-state index contributed by atoms with van der Waals surface area (Å²) in [5.74, 6) is 0.596. The van der Waals surface area contributed by atoms with Crippen LogP contribution in [-0.4, -0.2) is 12.5 Å². The molecule has 0 radical (unpaired) electrons. The molecule has 1 aromatic rings. The van der Waals surface area contributed by atoms with Gasteiger partial charge in [-0.1, -0.05) is 64.2 Å². The second kappa shape index (κ2) is 7.78. The van der Waals surface area contributed by atoms with Crippen LogP contribution in [0.1, 0.15) is 64.7 Å². The van der Waals surface area contributed by atoms with Gasteiger partial charge in [0.25, 0.3) is 0 Å². The topological polar surface area (TPSA) is 35.2 Å². The lowest BCUT2D eigenvalue weighted by Crippen LogP contribution is -2.51. The minimum absolute atomic E-state index is 0.0548. The summed E-state index contributed by atoms with van der Waals surface area (Å²) in [5, 5.41) is 0. The molecule has 0 heterocycles. The maximum absolute atomic E-state index is 6.63. The Bertz CT molecular complexity index is 566. The van der Waals surface area contributed by atoms with Crippen molar-refractivity contribution in [1.82, 2.24) is 0 Å². The molecular formula is C21H36BNO. The Kier molecular flexibility index (Phi) is 6.75. The number of hydrogen-bond donors (Lipinski definition) is 1. The van der Waals surface area contributed by atoms with E-state index in [2.05, 4.69) is 74.3 Å². The van der Waals surface area contributed by atoms with E-state index in [0.29, 0.717) is 5.92 Å². The van der Waals surface area contributed by atoms with Crippen molar-refractivity contribution in [2.24, 2.45) is 17.1 Å². The van der Waals surface area contributed by atoms with Crippen LogP contribution < -0.4 is 11.2 Å². The molecule has 1 unspecified atom stereocenters. The Morgan fingerprint density at radius 3 is 2.08 bits per heavy atom. The lowest BCUT2D eigenvalue weighted by atomic mass is 9.58. The van der Waals surface area contributed by atoms with Gasteiger partial charge in [0.2, 0.25) is 0 Å². The lowest BCUT2D eigenvalue weighted by molar-refractivity contribution is -0.0451. The van der Waals surface area contributed by atoms with E-state index in [1.54, 1.807) is 6.20 Å². The Balaban J connectivity index is 3.13. The molecule has 134 valence electrons. The molecule has 0 fully saturated rings. The Morgan fingerprint density at radius 2 is 1.67 bits per heavy atom. The molecule has 24 heavy (non-hydrogen) atoms. The largest absolute Gasteiger partial charge is 0.426 e. The van der Waals surface area contributed by atoms with Gasteiger partial charge in [0, 0.05) is 0 Å². The fraction of sp³-hybridized carbons (Fsp3) is 0.619. The zero-order chi connectivity index (χ0) is 18.7. The van der Waals surface area contributed by atoms with Crippen molar-refractivity contribution < 1.29 is 4.65 Å². The molecule has 0 aliphatic carbocycles. The first kappa shape index (κ1) is 20.8. The number of rotatable bonds is 7. The summed E-state index contributed by atoms with van der Waals surface area (Å²) < 4.78 is 6.63. The van der Waals surface area contributed by atoms with Gasteiger partial charge in [-0.3, -0.25) is 0 Å². The first-order valence-electron chi connectivity index (χ1n) is 9.15. The van der Waals surface area contributed by atoms with Gasteiger partial charge in [-0.25, -0.2) is 0 Å². The van der Waals surface area contributed by atoms with E-state index in [9.17, 15) is 0 Å². The molecule has 2 nitrogen and oxygen atoms in total. The van der Waals surface area contributed by atoms with Crippen molar-refractivity contribution in [3.63, 3.8) is 0 Å². The number of benzene rings is 1. The summed E-state index contributed by atoms with van der Waals surface area (Å²) in [6.07, 6.45) is 4.68. The number of aryl methyl sites for hydroxylation is 2. The van der Waals surface area contributed by atoms with Crippen molar-refractivity contribution in [3.05, 3.63) is 35.0 Å². The minimum atomic E-state index is -0.212. The van der Waals surface area contributed by atoms with Gasteiger partial charge in [-0.05, 0) is 62.3 Å². The summed E-state index contributed by atoms with van der Waals surface area (Å²) in [4.78, 5) is 0. The second-order valence-corrected chi connectivity index (χ2v) is 8.23. The monoisotopic (exact) mass is 329 g/mol. The molecular weight excluding hydrogens is 293 g/mol. The van der Waals surface area contributed by atoms with E-state index in [1.807, 2.05) is 6.08 Å². The summed E-state index contributed by atoms with van der Waals surface area (Å²) in [5.41, 5.74) is 10.4. The smallest absolute Gasteiger partial charge is 0.324 e. The third-order valence-corrected chi connectivity index (χ3v) is 6.18. The summed E-state index contributed by atoms with van der Waals surface area (Å²) >= 11 is 0. The van der Waals surface area contributed by atoms with E-state index in [1.165, 1.54) is 16.6 Å². The lowest BCUT2D eigenvalue weighted by Gasteiger charge is -2.47. The summed E-state index contributed by atoms with van der Waals surface area (Å²) in [7, 11) is 0. The van der Waals surface area contributed by atoms with Crippen LogP contribution >= 0.6 is 0 Å². The third-order valence-electron chi connectivity index (χ3n) is 6.18. The van der Waals surface area contributed by atoms with E-state index < -0.39 is 0 Å². The SMILES string of the molecule is CCC(C)C(C)(C)C(C)(C)OB(C)c1c(C)cc(/C=C/N)cc1C. The highest BCUT2D eigenvalue weighted by atomic mass is 16.5. The summed E-state index contributed by atoms with van der Waals surface area (Å²) in [6.45, 7) is 20.2. The molecule has 3 heteroatoms. The molecule has 0 saturated carbocycles. The maximum atomic E-state index is 6.63. The standard InChI is InChI=1S/C21H36BNO/c1-10-17(4)20(5,6)21(7,8)24-22(9)19-15(2)13-18(11-12-23)14-16(19)3/h11-14,17H,10,23H2,1-9H3/b12-11+. The molecule has 0 spiro atoms. The second-order valence-electron chi connectivity index (χ2n) is 8.23. The van der Waals surface area contributed by atoms with Crippen LogP contribution in [0.5, 0.6) is 0 Å². The fourth-order valence-corrected chi connectivity index (χ4v) is 3.61. The van der Waals surface area contributed by atoms with Crippen LogP contribution in [0.4, 0.5) is 0 Å². The predicted octanol–water partition coefficient (Wildman–Crippen LogP) is 4.93. The van der Waals surface area contributed by atoms with Gasteiger partial charge in [0.1, 0.15) is 0 Å². The van der Waals surface area contributed by atoms with Crippen LogP contribution in [0.15, 0.2) is 18.3 Å². The van der Waals surface area contributed by atoms with Crippen LogP contribution in [0.25, 0.3) is 6.08 Å². The fourth-order valence-electron chi connectivity index (χ4n) is 3.61. The molecule has 1 atom stereocenters. The molecule has 0 aromatic heterocycles. The van der Waals surface area contributed by atoms with Gasteiger partial charge in [-0.2, -0.15) is 0 Å². The minimum Gasteiger partial charge on any atom is -0.426 e. The first-order valence-corrected chi connectivity index (χ1v) is 9.15. The Morgan fingerprint density at radius 1 is 1.17 bits per heavy atom. The van der Waals surface area contributed by atoms with Gasteiger partial charge in [0.05, 0.1) is 5.60 Å². The highest BCUT2D eigenvalue weighted by Crippen LogP contribution is 2.42.